The molecule has 0 aromatic heterocycles. The SMILES string of the molecule is Cc1ccc(Oc2cccc(CON3C(N)=NC(N)=NC3(C)C)c2)cc1. The van der Waals surface area contributed by atoms with E-state index < -0.39 is 5.66 Å². The second-order valence-corrected chi connectivity index (χ2v) is 6.56. The third-order valence-electron chi connectivity index (χ3n) is 3.84. The summed E-state index contributed by atoms with van der Waals surface area (Å²) in [6.45, 7) is 6.02. The Labute approximate surface area is 152 Å². The number of guanidine groups is 2. The van der Waals surface area contributed by atoms with Crippen LogP contribution in [0.15, 0.2) is 58.5 Å². The molecule has 0 spiro atoms. The zero-order chi connectivity index (χ0) is 18.7. The largest absolute Gasteiger partial charge is 0.457 e. The second kappa shape index (κ2) is 7.05. The van der Waals surface area contributed by atoms with Gasteiger partial charge in [-0.1, -0.05) is 29.8 Å². The molecule has 7 nitrogen and oxygen atoms in total. The Bertz CT molecular complexity index is 843. The number of aryl methyl sites for hydroxylation is 1. The monoisotopic (exact) mass is 353 g/mol. The Balaban J connectivity index is 1.67. The Morgan fingerprint density at radius 2 is 1.77 bits per heavy atom. The van der Waals surface area contributed by atoms with E-state index in [1.165, 1.54) is 10.6 Å². The summed E-state index contributed by atoms with van der Waals surface area (Å²) >= 11 is 0. The maximum Gasteiger partial charge on any atom is 0.226 e. The van der Waals surface area contributed by atoms with Crippen LogP contribution in [0.1, 0.15) is 25.0 Å². The fraction of sp³-hybridized carbons (Fsp3) is 0.263. The number of nitrogens with two attached hydrogens (primary N) is 2. The summed E-state index contributed by atoms with van der Waals surface area (Å²) < 4.78 is 5.89. The molecule has 4 N–H and O–H groups in total. The van der Waals surface area contributed by atoms with Gasteiger partial charge in [-0.15, -0.1) is 0 Å². The first-order valence-corrected chi connectivity index (χ1v) is 8.29. The van der Waals surface area contributed by atoms with Crippen molar-refractivity contribution in [2.24, 2.45) is 21.5 Å². The summed E-state index contributed by atoms with van der Waals surface area (Å²) in [5.74, 6) is 1.83. The van der Waals surface area contributed by atoms with Crippen LogP contribution in [0.3, 0.4) is 0 Å². The average Bonchev–Trinajstić information content (AvgIpc) is 2.55. The molecule has 0 fully saturated rings. The minimum atomic E-state index is -0.730. The Morgan fingerprint density at radius 3 is 2.46 bits per heavy atom. The first-order chi connectivity index (χ1) is 12.3. The van der Waals surface area contributed by atoms with Gasteiger partial charge in [0.1, 0.15) is 18.1 Å². The van der Waals surface area contributed by atoms with Crippen molar-refractivity contribution in [3.05, 3.63) is 59.7 Å². The van der Waals surface area contributed by atoms with Gasteiger partial charge in [-0.2, -0.15) is 10.1 Å². The molecule has 7 heteroatoms. The van der Waals surface area contributed by atoms with Crippen LogP contribution >= 0.6 is 0 Å². The van der Waals surface area contributed by atoms with Gasteiger partial charge < -0.3 is 16.2 Å². The third kappa shape index (κ3) is 4.12. The maximum absolute atomic E-state index is 5.92. The molecule has 1 heterocycles. The van der Waals surface area contributed by atoms with Crippen molar-refractivity contribution in [3.8, 4) is 11.5 Å². The van der Waals surface area contributed by atoms with Gasteiger partial charge in [-0.25, -0.2) is 4.99 Å². The van der Waals surface area contributed by atoms with Crippen LogP contribution in [0.2, 0.25) is 0 Å². The molecule has 2 aromatic carbocycles. The highest BCUT2D eigenvalue weighted by Gasteiger charge is 2.33. The van der Waals surface area contributed by atoms with Gasteiger partial charge in [-0.05, 0) is 50.6 Å². The molecule has 2 aromatic rings. The summed E-state index contributed by atoms with van der Waals surface area (Å²) in [5, 5.41) is 1.46. The molecule has 0 atom stereocenters. The highest BCUT2D eigenvalue weighted by molar-refractivity contribution is 5.95. The van der Waals surface area contributed by atoms with Gasteiger partial charge in [0.05, 0.1) is 0 Å². The number of hydrogen-bond acceptors (Lipinski definition) is 7. The van der Waals surface area contributed by atoms with Gasteiger partial charge in [0.25, 0.3) is 0 Å². The fourth-order valence-electron chi connectivity index (χ4n) is 2.60. The summed E-state index contributed by atoms with van der Waals surface area (Å²) in [6.07, 6.45) is 0. The highest BCUT2D eigenvalue weighted by Crippen LogP contribution is 2.24. The Hall–Kier alpha value is -3.06. The molecule has 26 heavy (non-hydrogen) atoms. The third-order valence-corrected chi connectivity index (χ3v) is 3.84. The van der Waals surface area contributed by atoms with Crippen LogP contribution in [0, 0.1) is 6.92 Å². The Morgan fingerprint density at radius 1 is 1.04 bits per heavy atom. The van der Waals surface area contributed by atoms with Gasteiger partial charge in [0.15, 0.2) is 5.66 Å². The van der Waals surface area contributed by atoms with Crippen LogP contribution in [0.25, 0.3) is 0 Å². The molecule has 0 aliphatic carbocycles. The normalized spacial score (nSPS) is 16.0. The fourth-order valence-corrected chi connectivity index (χ4v) is 2.60. The molecule has 1 aliphatic rings. The molecule has 1 aliphatic heterocycles. The van der Waals surface area contributed by atoms with Crippen molar-refractivity contribution in [3.63, 3.8) is 0 Å². The van der Waals surface area contributed by atoms with Crippen molar-refractivity contribution in [2.45, 2.75) is 33.0 Å². The van der Waals surface area contributed by atoms with E-state index in [0.717, 1.165) is 17.1 Å². The van der Waals surface area contributed by atoms with Crippen molar-refractivity contribution >= 4 is 11.9 Å². The van der Waals surface area contributed by atoms with Gasteiger partial charge in [0.2, 0.25) is 11.9 Å². The van der Waals surface area contributed by atoms with Crippen LogP contribution in [0.5, 0.6) is 11.5 Å². The van der Waals surface area contributed by atoms with Crippen LogP contribution in [-0.2, 0) is 11.4 Å². The summed E-state index contributed by atoms with van der Waals surface area (Å²) in [4.78, 5) is 14.0. The molecule has 0 bridgehead atoms. The first-order valence-electron chi connectivity index (χ1n) is 8.29. The summed E-state index contributed by atoms with van der Waals surface area (Å²) in [5.41, 5.74) is 13.0. The molecule has 136 valence electrons. The first kappa shape index (κ1) is 17.8. The van der Waals surface area contributed by atoms with Crippen molar-refractivity contribution in [2.75, 3.05) is 0 Å². The topological polar surface area (TPSA) is 98.5 Å². The lowest BCUT2D eigenvalue weighted by Crippen LogP contribution is -2.53. The summed E-state index contributed by atoms with van der Waals surface area (Å²) in [6, 6.07) is 15.6. The molecule has 0 saturated heterocycles. The number of nitrogens with zero attached hydrogens (tertiary/aromatic N) is 3. The van der Waals surface area contributed by atoms with E-state index in [9.17, 15) is 0 Å². The molecule has 0 saturated carbocycles. The zero-order valence-corrected chi connectivity index (χ0v) is 15.1. The lowest BCUT2D eigenvalue weighted by atomic mass is 10.2. The van der Waals surface area contributed by atoms with Crippen LogP contribution in [-0.4, -0.2) is 22.6 Å². The van der Waals surface area contributed by atoms with E-state index in [1.807, 2.05) is 69.3 Å². The molecule has 0 unspecified atom stereocenters. The number of hydrogen-bond donors (Lipinski definition) is 2. The Kier molecular flexibility index (Phi) is 4.81. The van der Waals surface area contributed by atoms with Gasteiger partial charge in [0, 0.05) is 0 Å². The zero-order valence-electron chi connectivity index (χ0n) is 15.1. The predicted molar refractivity (Wildman–Crippen MR) is 102 cm³/mol. The standard InChI is InChI=1S/C19H23N5O2/c1-13-7-9-15(10-8-13)26-16-6-4-5-14(11-16)12-25-24-18(21)22-17(20)23-19(24,2)3/h4-11H,12H2,1-3H3,(H4,20,21,22,23). The lowest BCUT2D eigenvalue weighted by molar-refractivity contribution is -0.166. The number of hydroxylamine groups is 2. The molecule has 0 amide bonds. The van der Waals surface area contributed by atoms with E-state index in [1.54, 1.807) is 0 Å². The minimum Gasteiger partial charge on any atom is -0.457 e. The van der Waals surface area contributed by atoms with E-state index in [2.05, 4.69) is 9.98 Å². The number of aliphatic imine (C=N–C) groups is 2. The highest BCUT2D eigenvalue weighted by atomic mass is 16.7. The number of benzene rings is 2. The van der Waals surface area contributed by atoms with Gasteiger partial charge in [-0.3, -0.25) is 4.84 Å². The van der Waals surface area contributed by atoms with Crippen LogP contribution in [0.4, 0.5) is 0 Å². The van der Waals surface area contributed by atoms with E-state index in [-0.39, 0.29) is 11.9 Å². The molecule has 0 radical (unpaired) electrons. The number of rotatable bonds is 5. The second-order valence-electron chi connectivity index (χ2n) is 6.56. The van der Waals surface area contributed by atoms with E-state index in [0.29, 0.717) is 6.61 Å². The summed E-state index contributed by atoms with van der Waals surface area (Å²) in [7, 11) is 0. The number of ether oxygens (including phenoxy) is 1. The van der Waals surface area contributed by atoms with Gasteiger partial charge >= 0.3 is 0 Å². The maximum atomic E-state index is 5.92. The molecular weight excluding hydrogens is 330 g/mol. The van der Waals surface area contributed by atoms with Crippen LogP contribution < -0.4 is 16.2 Å². The predicted octanol–water partition coefficient (Wildman–Crippen LogP) is 2.90. The van der Waals surface area contributed by atoms with Crippen molar-refractivity contribution in [1.29, 1.82) is 0 Å². The quantitative estimate of drug-likeness (QED) is 0.861. The smallest absolute Gasteiger partial charge is 0.226 e. The molecular formula is C19H23N5O2. The van der Waals surface area contributed by atoms with Crippen molar-refractivity contribution in [1.82, 2.24) is 5.06 Å². The minimum absolute atomic E-state index is 0.140. The molecule has 3 rings (SSSR count). The average molecular weight is 353 g/mol. The lowest BCUT2D eigenvalue weighted by Gasteiger charge is -2.36. The van der Waals surface area contributed by atoms with Crippen molar-refractivity contribution < 1.29 is 9.57 Å². The van der Waals surface area contributed by atoms with E-state index >= 15 is 0 Å². The van der Waals surface area contributed by atoms with E-state index in [4.69, 9.17) is 21.0 Å².